The van der Waals surface area contributed by atoms with Crippen LogP contribution in [0.5, 0.6) is 0 Å². The van der Waals surface area contributed by atoms with Crippen molar-refractivity contribution in [3.8, 4) is 0 Å². The maximum atomic E-state index is 11.8. The molecule has 4 heteroatoms. The monoisotopic (exact) mass is 261 g/mol. The standard InChI is InChI=1S/C15H19NO3/c17-14(16-9-3-6-15(18)19)10-12-8-7-11-4-1-2-5-13(11)12/h1-2,4-5,12H,3,6-10H2,(H,16,17)(H,18,19)/t12-/m0/s1. The van der Waals surface area contributed by atoms with Crippen molar-refractivity contribution >= 4 is 11.9 Å². The molecule has 1 aliphatic carbocycles. The van der Waals surface area contributed by atoms with Gasteiger partial charge >= 0.3 is 5.97 Å². The number of aryl methyl sites for hydroxylation is 1. The van der Waals surface area contributed by atoms with Gasteiger partial charge < -0.3 is 10.4 Å². The van der Waals surface area contributed by atoms with Crippen molar-refractivity contribution < 1.29 is 14.7 Å². The van der Waals surface area contributed by atoms with E-state index >= 15 is 0 Å². The number of hydrogen-bond acceptors (Lipinski definition) is 2. The van der Waals surface area contributed by atoms with Crippen LogP contribution in [0.4, 0.5) is 0 Å². The summed E-state index contributed by atoms with van der Waals surface area (Å²) in [6.45, 7) is 0.444. The number of carbonyl (C=O) groups is 2. The molecule has 0 saturated heterocycles. The molecule has 0 radical (unpaired) electrons. The highest BCUT2D eigenvalue weighted by Gasteiger charge is 2.23. The van der Waals surface area contributed by atoms with Gasteiger partial charge in [-0.25, -0.2) is 0 Å². The second kappa shape index (κ2) is 6.36. The third kappa shape index (κ3) is 3.81. The van der Waals surface area contributed by atoms with Crippen LogP contribution >= 0.6 is 0 Å². The first-order valence-corrected chi connectivity index (χ1v) is 6.73. The summed E-state index contributed by atoms with van der Waals surface area (Å²) in [4.78, 5) is 22.1. The van der Waals surface area contributed by atoms with Crippen molar-refractivity contribution in [3.63, 3.8) is 0 Å². The van der Waals surface area contributed by atoms with E-state index in [1.54, 1.807) is 0 Å². The topological polar surface area (TPSA) is 66.4 Å². The van der Waals surface area contributed by atoms with Gasteiger partial charge in [0, 0.05) is 19.4 Å². The summed E-state index contributed by atoms with van der Waals surface area (Å²) in [5, 5.41) is 11.3. The Morgan fingerprint density at radius 2 is 2.11 bits per heavy atom. The summed E-state index contributed by atoms with van der Waals surface area (Å²) < 4.78 is 0. The second-order valence-corrected chi connectivity index (χ2v) is 4.99. The summed E-state index contributed by atoms with van der Waals surface area (Å²) in [6, 6.07) is 8.28. The average molecular weight is 261 g/mol. The number of fused-ring (bicyclic) bond motifs is 1. The Balaban J connectivity index is 1.76. The lowest BCUT2D eigenvalue weighted by Gasteiger charge is -2.11. The molecule has 2 N–H and O–H groups in total. The van der Waals surface area contributed by atoms with E-state index in [-0.39, 0.29) is 12.3 Å². The van der Waals surface area contributed by atoms with Gasteiger partial charge in [0.1, 0.15) is 0 Å². The van der Waals surface area contributed by atoms with E-state index in [2.05, 4.69) is 17.4 Å². The largest absolute Gasteiger partial charge is 0.481 e. The van der Waals surface area contributed by atoms with Gasteiger partial charge in [0.2, 0.25) is 5.91 Å². The summed E-state index contributed by atoms with van der Waals surface area (Å²) in [6.07, 6.45) is 3.17. The van der Waals surface area contributed by atoms with Crippen molar-refractivity contribution in [2.45, 2.75) is 38.0 Å². The molecule has 1 aromatic rings. The number of rotatable bonds is 6. The lowest BCUT2D eigenvalue weighted by atomic mass is 9.97. The summed E-state index contributed by atoms with van der Waals surface area (Å²) >= 11 is 0. The molecule has 1 amide bonds. The predicted molar refractivity (Wildman–Crippen MR) is 72.0 cm³/mol. The average Bonchev–Trinajstić information content (AvgIpc) is 2.78. The second-order valence-electron chi connectivity index (χ2n) is 4.99. The van der Waals surface area contributed by atoms with Gasteiger partial charge in [-0.1, -0.05) is 24.3 Å². The fourth-order valence-electron chi connectivity index (χ4n) is 2.62. The highest BCUT2D eigenvalue weighted by atomic mass is 16.4. The number of aliphatic carboxylic acids is 1. The molecular weight excluding hydrogens is 242 g/mol. The Hall–Kier alpha value is -1.84. The molecule has 19 heavy (non-hydrogen) atoms. The molecule has 0 aromatic heterocycles. The lowest BCUT2D eigenvalue weighted by Crippen LogP contribution is -2.26. The molecule has 1 atom stereocenters. The minimum Gasteiger partial charge on any atom is -0.481 e. The fourth-order valence-corrected chi connectivity index (χ4v) is 2.62. The van der Waals surface area contributed by atoms with Gasteiger partial charge in [-0.3, -0.25) is 9.59 Å². The predicted octanol–water partition coefficient (Wildman–Crippen LogP) is 2.09. The smallest absolute Gasteiger partial charge is 0.303 e. The van der Waals surface area contributed by atoms with Gasteiger partial charge in [0.05, 0.1) is 0 Å². The molecule has 0 heterocycles. The van der Waals surface area contributed by atoms with Crippen LogP contribution in [0.1, 0.15) is 42.7 Å². The normalized spacial score (nSPS) is 16.9. The number of nitrogens with one attached hydrogen (secondary N) is 1. The summed E-state index contributed by atoms with van der Waals surface area (Å²) in [7, 11) is 0. The van der Waals surface area contributed by atoms with E-state index in [1.807, 2.05) is 12.1 Å². The number of amides is 1. The van der Waals surface area contributed by atoms with Crippen LogP contribution in [0.15, 0.2) is 24.3 Å². The first-order chi connectivity index (χ1) is 9.16. The van der Waals surface area contributed by atoms with Crippen molar-refractivity contribution in [3.05, 3.63) is 35.4 Å². The van der Waals surface area contributed by atoms with Crippen LogP contribution in [0.2, 0.25) is 0 Å². The first-order valence-electron chi connectivity index (χ1n) is 6.73. The van der Waals surface area contributed by atoms with Crippen molar-refractivity contribution in [2.75, 3.05) is 6.54 Å². The van der Waals surface area contributed by atoms with Gasteiger partial charge in [-0.05, 0) is 36.3 Å². The molecule has 1 aromatic carbocycles. The molecule has 4 nitrogen and oxygen atoms in total. The van der Waals surface area contributed by atoms with E-state index in [0.717, 1.165) is 12.8 Å². The van der Waals surface area contributed by atoms with E-state index in [9.17, 15) is 9.59 Å². The third-order valence-corrected chi connectivity index (χ3v) is 3.58. The maximum absolute atomic E-state index is 11.8. The van der Waals surface area contributed by atoms with Gasteiger partial charge in [-0.2, -0.15) is 0 Å². The zero-order valence-electron chi connectivity index (χ0n) is 10.9. The van der Waals surface area contributed by atoms with Crippen LogP contribution < -0.4 is 5.32 Å². The molecular formula is C15H19NO3. The van der Waals surface area contributed by atoms with Crippen molar-refractivity contribution in [1.82, 2.24) is 5.32 Å². The Bertz CT molecular complexity index is 470. The SMILES string of the molecule is O=C(O)CCCNC(=O)C[C@@H]1CCc2ccccc21. The molecule has 0 spiro atoms. The first kappa shape index (κ1) is 13.6. The Labute approximate surface area is 112 Å². The molecule has 0 fully saturated rings. The molecule has 2 rings (SSSR count). The molecule has 0 aliphatic heterocycles. The molecule has 0 saturated carbocycles. The van der Waals surface area contributed by atoms with E-state index in [0.29, 0.717) is 25.3 Å². The zero-order chi connectivity index (χ0) is 13.7. The van der Waals surface area contributed by atoms with Crippen LogP contribution in [0.3, 0.4) is 0 Å². The number of carboxylic acid groups (broad SMARTS) is 1. The number of carboxylic acids is 1. The number of benzene rings is 1. The Morgan fingerprint density at radius 1 is 1.32 bits per heavy atom. The van der Waals surface area contributed by atoms with Crippen LogP contribution in [-0.4, -0.2) is 23.5 Å². The van der Waals surface area contributed by atoms with E-state index in [4.69, 9.17) is 5.11 Å². The number of carbonyl (C=O) groups excluding carboxylic acids is 1. The van der Waals surface area contributed by atoms with Gasteiger partial charge in [0.15, 0.2) is 0 Å². The van der Waals surface area contributed by atoms with E-state index in [1.165, 1.54) is 11.1 Å². The number of hydrogen-bond donors (Lipinski definition) is 2. The molecule has 1 aliphatic rings. The van der Waals surface area contributed by atoms with Gasteiger partial charge in [-0.15, -0.1) is 0 Å². The third-order valence-electron chi connectivity index (χ3n) is 3.58. The highest BCUT2D eigenvalue weighted by Crippen LogP contribution is 2.34. The zero-order valence-corrected chi connectivity index (χ0v) is 10.9. The minimum atomic E-state index is -0.820. The minimum absolute atomic E-state index is 0.0205. The summed E-state index contributed by atoms with van der Waals surface area (Å²) in [5.74, 6) is -0.485. The highest BCUT2D eigenvalue weighted by molar-refractivity contribution is 5.77. The van der Waals surface area contributed by atoms with Crippen molar-refractivity contribution in [2.24, 2.45) is 0 Å². The Kier molecular flexibility index (Phi) is 4.55. The van der Waals surface area contributed by atoms with Crippen LogP contribution in [-0.2, 0) is 16.0 Å². The molecule has 102 valence electrons. The quantitative estimate of drug-likeness (QED) is 0.770. The Morgan fingerprint density at radius 3 is 2.89 bits per heavy atom. The van der Waals surface area contributed by atoms with Gasteiger partial charge in [0.25, 0.3) is 0 Å². The van der Waals surface area contributed by atoms with Crippen LogP contribution in [0.25, 0.3) is 0 Å². The maximum Gasteiger partial charge on any atom is 0.303 e. The summed E-state index contributed by atoms with van der Waals surface area (Å²) in [5.41, 5.74) is 2.65. The lowest BCUT2D eigenvalue weighted by molar-refractivity contribution is -0.137. The molecule has 0 bridgehead atoms. The van der Waals surface area contributed by atoms with Crippen molar-refractivity contribution in [1.29, 1.82) is 0 Å². The van der Waals surface area contributed by atoms with Crippen LogP contribution in [0, 0.1) is 0 Å². The molecule has 0 unspecified atom stereocenters. The fraction of sp³-hybridized carbons (Fsp3) is 0.467. The van der Waals surface area contributed by atoms with E-state index < -0.39 is 5.97 Å².